The Labute approximate surface area is 94.7 Å². The number of carboxylic acid groups (broad SMARTS) is 1. The highest BCUT2D eigenvalue weighted by Crippen LogP contribution is 2.25. The highest BCUT2D eigenvalue weighted by atomic mass is 35.5. The molecule has 0 bridgehead atoms. The molecule has 1 atom stereocenters. The molecule has 84 valence electrons. The topological polar surface area (TPSA) is 72.3 Å². The van der Waals surface area contributed by atoms with Gasteiger partial charge in [-0.25, -0.2) is 0 Å². The van der Waals surface area contributed by atoms with E-state index < -0.39 is 11.9 Å². The monoisotopic (exact) mass is 229 g/mol. The molecule has 0 radical (unpaired) electrons. The number of halogens is 1. The summed E-state index contributed by atoms with van der Waals surface area (Å²) in [7, 11) is 0. The fourth-order valence-electron chi connectivity index (χ4n) is 1.48. The van der Waals surface area contributed by atoms with E-state index in [2.05, 4.69) is 0 Å². The first-order valence-electron chi connectivity index (χ1n) is 4.50. The van der Waals surface area contributed by atoms with Gasteiger partial charge < -0.3 is 11.3 Å². The summed E-state index contributed by atoms with van der Waals surface area (Å²) >= 11 is 5.73. The lowest BCUT2D eigenvalue weighted by Gasteiger charge is -2.16. The number of rotatable bonds is 3. The van der Waals surface area contributed by atoms with Crippen LogP contribution in [-0.4, -0.2) is 11.1 Å². The second-order valence-corrected chi connectivity index (χ2v) is 4.05. The zero-order valence-corrected chi connectivity index (χ0v) is 9.66. The third kappa shape index (κ3) is 3.53. The predicted octanol–water partition coefficient (Wildman–Crippen LogP) is 3.33. The van der Waals surface area contributed by atoms with E-state index in [0.29, 0.717) is 5.02 Å². The predicted molar refractivity (Wildman–Crippen MR) is 61.7 cm³/mol. The summed E-state index contributed by atoms with van der Waals surface area (Å²) in [6.45, 7) is 3.79. The van der Waals surface area contributed by atoms with Crippen LogP contribution >= 0.6 is 11.6 Å². The average Bonchev–Trinajstić information content (AvgIpc) is 2.07. The van der Waals surface area contributed by atoms with Crippen molar-refractivity contribution in [2.75, 3.05) is 0 Å². The molecular weight excluding hydrogens is 214 g/mol. The first-order chi connectivity index (χ1) is 6.52. The van der Waals surface area contributed by atoms with Gasteiger partial charge in [-0.3, -0.25) is 4.79 Å². The van der Waals surface area contributed by atoms with Gasteiger partial charge in [-0.1, -0.05) is 37.6 Å². The Morgan fingerprint density at radius 1 is 1.27 bits per heavy atom. The van der Waals surface area contributed by atoms with Gasteiger partial charge in [0.25, 0.3) is 0 Å². The van der Waals surface area contributed by atoms with Crippen molar-refractivity contribution >= 4 is 17.6 Å². The zero-order chi connectivity index (χ0) is 10.7. The number of hydrogen-bond donors (Lipinski definition) is 2. The lowest BCUT2D eigenvalue weighted by atomic mass is 9.89. The van der Waals surface area contributed by atoms with Crippen molar-refractivity contribution < 1.29 is 9.90 Å². The molecular formula is C11H16ClNO2. The summed E-state index contributed by atoms with van der Waals surface area (Å²) < 4.78 is 0. The lowest BCUT2D eigenvalue weighted by molar-refractivity contribution is -0.139. The molecule has 4 heteroatoms. The van der Waals surface area contributed by atoms with Gasteiger partial charge in [0.15, 0.2) is 0 Å². The first kappa shape index (κ1) is 13.9. The summed E-state index contributed by atoms with van der Waals surface area (Å²) in [6.07, 6.45) is 0. The van der Waals surface area contributed by atoms with E-state index in [-0.39, 0.29) is 12.1 Å². The molecule has 1 aromatic carbocycles. The minimum atomic E-state index is -0.790. The highest BCUT2D eigenvalue weighted by Gasteiger charge is 2.22. The van der Waals surface area contributed by atoms with Crippen LogP contribution in [0.15, 0.2) is 24.3 Å². The Balaban J connectivity index is 0.00000196. The number of carboxylic acids is 1. The zero-order valence-electron chi connectivity index (χ0n) is 8.90. The Morgan fingerprint density at radius 3 is 2.07 bits per heavy atom. The molecule has 0 unspecified atom stereocenters. The molecule has 0 spiro atoms. The molecule has 0 amide bonds. The van der Waals surface area contributed by atoms with Crippen molar-refractivity contribution in [3.05, 3.63) is 34.9 Å². The molecule has 0 aromatic heterocycles. The smallest absolute Gasteiger partial charge is 0.311 e. The summed E-state index contributed by atoms with van der Waals surface area (Å²) in [4.78, 5) is 11.0. The Kier molecular flexibility index (Phi) is 5.33. The van der Waals surface area contributed by atoms with E-state index in [1.807, 2.05) is 13.8 Å². The van der Waals surface area contributed by atoms with Gasteiger partial charge in [-0.15, -0.1) is 0 Å². The number of benzene rings is 1. The van der Waals surface area contributed by atoms with Crippen molar-refractivity contribution in [1.82, 2.24) is 6.15 Å². The van der Waals surface area contributed by atoms with Crippen molar-refractivity contribution in [3.63, 3.8) is 0 Å². The van der Waals surface area contributed by atoms with Gasteiger partial charge in [0.05, 0.1) is 5.92 Å². The maximum absolute atomic E-state index is 11.0. The highest BCUT2D eigenvalue weighted by molar-refractivity contribution is 6.30. The third-order valence-electron chi connectivity index (χ3n) is 2.16. The number of carbonyl (C=O) groups is 1. The van der Waals surface area contributed by atoms with Crippen LogP contribution in [0, 0.1) is 5.92 Å². The van der Waals surface area contributed by atoms with E-state index in [0.717, 1.165) is 5.56 Å². The second-order valence-electron chi connectivity index (χ2n) is 3.61. The lowest BCUT2D eigenvalue weighted by Crippen LogP contribution is -2.17. The molecule has 0 fully saturated rings. The number of aliphatic carboxylic acids is 1. The van der Waals surface area contributed by atoms with Crippen LogP contribution in [0.5, 0.6) is 0 Å². The van der Waals surface area contributed by atoms with Crippen molar-refractivity contribution in [2.24, 2.45) is 5.92 Å². The Hall–Kier alpha value is -1.06. The largest absolute Gasteiger partial charge is 0.481 e. The summed E-state index contributed by atoms with van der Waals surface area (Å²) in [6, 6.07) is 6.96. The van der Waals surface area contributed by atoms with Crippen molar-refractivity contribution in [3.8, 4) is 0 Å². The Bertz CT molecular complexity index is 322. The molecule has 1 aromatic rings. The maximum atomic E-state index is 11.0. The summed E-state index contributed by atoms with van der Waals surface area (Å²) in [5, 5.41) is 9.66. The van der Waals surface area contributed by atoms with E-state index in [9.17, 15) is 4.79 Å². The molecule has 0 heterocycles. The van der Waals surface area contributed by atoms with Crippen molar-refractivity contribution in [2.45, 2.75) is 19.8 Å². The number of hydrogen-bond acceptors (Lipinski definition) is 2. The second kappa shape index (κ2) is 5.73. The van der Waals surface area contributed by atoms with E-state index in [4.69, 9.17) is 16.7 Å². The standard InChI is InChI=1S/C11H13ClO2.H3N/c1-7(2)10(11(13)14)8-3-5-9(12)6-4-8;/h3-7,10H,1-2H3,(H,13,14);1H3/t10-;/m1./s1. The summed E-state index contributed by atoms with van der Waals surface area (Å²) in [5.74, 6) is -1.16. The van der Waals surface area contributed by atoms with Crippen LogP contribution in [0.3, 0.4) is 0 Å². The fourth-order valence-corrected chi connectivity index (χ4v) is 1.61. The third-order valence-corrected chi connectivity index (χ3v) is 2.41. The van der Waals surface area contributed by atoms with Gasteiger partial charge >= 0.3 is 5.97 Å². The van der Waals surface area contributed by atoms with Crippen LogP contribution in [0.4, 0.5) is 0 Å². The molecule has 0 saturated carbocycles. The van der Waals surface area contributed by atoms with Crippen LogP contribution in [-0.2, 0) is 4.79 Å². The fraction of sp³-hybridized carbons (Fsp3) is 0.364. The molecule has 0 aliphatic heterocycles. The molecule has 0 aliphatic carbocycles. The SMILES string of the molecule is CC(C)[C@@H](C(=O)O)c1ccc(Cl)cc1.N. The van der Waals surface area contributed by atoms with Crippen molar-refractivity contribution in [1.29, 1.82) is 0 Å². The normalized spacial score (nSPS) is 12.0. The van der Waals surface area contributed by atoms with Crippen LogP contribution in [0.25, 0.3) is 0 Å². The van der Waals surface area contributed by atoms with Gasteiger partial charge in [0.2, 0.25) is 0 Å². The van der Waals surface area contributed by atoms with E-state index >= 15 is 0 Å². The van der Waals surface area contributed by atoms with Crippen LogP contribution in [0.2, 0.25) is 5.02 Å². The summed E-state index contributed by atoms with van der Waals surface area (Å²) in [5.41, 5.74) is 0.803. The molecule has 1 rings (SSSR count). The van der Waals surface area contributed by atoms with E-state index in [1.165, 1.54) is 0 Å². The van der Waals surface area contributed by atoms with Gasteiger partial charge in [0.1, 0.15) is 0 Å². The molecule has 0 saturated heterocycles. The molecule has 4 N–H and O–H groups in total. The van der Waals surface area contributed by atoms with E-state index in [1.54, 1.807) is 24.3 Å². The van der Waals surface area contributed by atoms with Gasteiger partial charge in [-0.05, 0) is 23.6 Å². The maximum Gasteiger partial charge on any atom is 0.311 e. The minimum absolute atomic E-state index is 0. The minimum Gasteiger partial charge on any atom is -0.481 e. The Morgan fingerprint density at radius 2 is 1.73 bits per heavy atom. The first-order valence-corrected chi connectivity index (χ1v) is 4.88. The van der Waals surface area contributed by atoms with Crippen LogP contribution < -0.4 is 6.15 Å². The molecule has 15 heavy (non-hydrogen) atoms. The van der Waals surface area contributed by atoms with Crippen LogP contribution in [0.1, 0.15) is 25.3 Å². The van der Waals surface area contributed by atoms with Gasteiger partial charge in [0, 0.05) is 5.02 Å². The quantitative estimate of drug-likeness (QED) is 0.835. The molecule has 0 aliphatic rings. The average molecular weight is 230 g/mol. The molecule has 3 nitrogen and oxygen atoms in total. The van der Waals surface area contributed by atoms with Gasteiger partial charge in [-0.2, -0.15) is 0 Å².